The van der Waals surface area contributed by atoms with Crippen molar-refractivity contribution in [1.82, 2.24) is 0 Å². The van der Waals surface area contributed by atoms with Crippen LogP contribution in [0.3, 0.4) is 0 Å². The normalized spacial score (nSPS) is 9.83. The second kappa shape index (κ2) is 7.68. The third kappa shape index (κ3) is 5.66. The molecule has 2 nitrogen and oxygen atoms in total. The van der Waals surface area contributed by atoms with Crippen LogP contribution in [0, 0.1) is 0 Å². The minimum Gasteiger partial charge on any atom is -0.277 e. The first-order valence-corrected chi connectivity index (χ1v) is 6.03. The largest absolute Gasteiger partial charge is 0.277 e. The Labute approximate surface area is 81.9 Å². The van der Waals surface area contributed by atoms with Crippen LogP contribution in [0.1, 0.15) is 26.7 Å². The van der Waals surface area contributed by atoms with E-state index in [1.54, 1.807) is 0 Å². The minimum atomic E-state index is -0.296. The second-order valence-corrected chi connectivity index (χ2v) is 4.41. The summed E-state index contributed by atoms with van der Waals surface area (Å²) in [7, 11) is 0. The van der Waals surface area contributed by atoms with E-state index < -0.39 is 0 Å². The van der Waals surface area contributed by atoms with E-state index in [9.17, 15) is 9.59 Å². The summed E-state index contributed by atoms with van der Waals surface area (Å²) in [6.07, 6.45) is 1.87. The highest BCUT2D eigenvalue weighted by molar-refractivity contribution is 8.24. The number of rotatable bonds is 4. The molecule has 0 saturated carbocycles. The van der Waals surface area contributed by atoms with Crippen LogP contribution in [0.2, 0.25) is 0 Å². The first-order valence-electron chi connectivity index (χ1n) is 4.06. The van der Waals surface area contributed by atoms with Crippen molar-refractivity contribution in [1.29, 1.82) is 0 Å². The van der Waals surface area contributed by atoms with Crippen molar-refractivity contribution in [3.05, 3.63) is 0 Å². The van der Waals surface area contributed by atoms with Crippen LogP contribution in [-0.4, -0.2) is 21.7 Å². The molecule has 0 aromatic rings. The molecule has 0 aromatic carbocycles. The molecule has 0 unspecified atom stereocenters. The summed E-state index contributed by atoms with van der Waals surface area (Å²) < 4.78 is 0. The van der Waals surface area contributed by atoms with Crippen LogP contribution in [0.25, 0.3) is 0 Å². The first kappa shape index (κ1) is 12.0. The van der Waals surface area contributed by atoms with E-state index in [4.69, 9.17) is 0 Å². The van der Waals surface area contributed by atoms with E-state index in [1.807, 2.05) is 13.8 Å². The molecular formula is C8H14O2S2. The molecule has 0 aliphatic heterocycles. The molecule has 0 rings (SSSR count). The fourth-order valence-electron chi connectivity index (χ4n) is 0.507. The van der Waals surface area contributed by atoms with Gasteiger partial charge in [0.05, 0.1) is 0 Å². The third-order valence-corrected chi connectivity index (χ3v) is 3.29. The molecule has 0 radical (unpaired) electrons. The number of hydrogen-bond acceptors (Lipinski definition) is 4. The Bertz CT molecular complexity index is 139. The van der Waals surface area contributed by atoms with E-state index in [1.165, 1.54) is 0 Å². The van der Waals surface area contributed by atoms with Crippen molar-refractivity contribution in [3.63, 3.8) is 0 Å². The van der Waals surface area contributed by atoms with Crippen molar-refractivity contribution >= 4 is 33.8 Å². The lowest BCUT2D eigenvalue weighted by molar-refractivity contribution is -0.126. The Morgan fingerprint density at radius 2 is 1.25 bits per heavy atom. The van der Waals surface area contributed by atoms with Gasteiger partial charge in [-0.05, 0) is 12.8 Å². The van der Waals surface area contributed by atoms with Gasteiger partial charge in [0, 0.05) is 11.5 Å². The van der Waals surface area contributed by atoms with Crippen LogP contribution in [0.5, 0.6) is 0 Å². The van der Waals surface area contributed by atoms with Gasteiger partial charge in [-0.25, -0.2) is 0 Å². The fraction of sp³-hybridized carbons (Fsp3) is 0.750. The van der Waals surface area contributed by atoms with Crippen LogP contribution in [0.4, 0.5) is 0 Å². The van der Waals surface area contributed by atoms with Gasteiger partial charge in [-0.2, -0.15) is 0 Å². The fourth-order valence-corrected chi connectivity index (χ4v) is 1.88. The highest BCUT2D eigenvalue weighted by Gasteiger charge is 2.13. The van der Waals surface area contributed by atoms with Gasteiger partial charge >= 0.3 is 0 Å². The molecule has 0 heterocycles. The van der Waals surface area contributed by atoms with Gasteiger partial charge in [0.15, 0.2) is 0 Å². The highest BCUT2D eigenvalue weighted by atomic mass is 32.2. The van der Waals surface area contributed by atoms with Crippen molar-refractivity contribution < 1.29 is 9.59 Å². The monoisotopic (exact) mass is 206 g/mol. The lowest BCUT2D eigenvalue weighted by atomic mass is 10.6. The Balaban J connectivity index is 3.55. The van der Waals surface area contributed by atoms with Gasteiger partial charge in [-0.1, -0.05) is 37.4 Å². The van der Waals surface area contributed by atoms with Crippen molar-refractivity contribution in [2.45, 2.75) is 26.7 Å². The van der Waals surface area contributed by atoms with Gasteiger partial charge in [0.1, 0.15) is 0 Å². The zero-order chi connectivity index (χ0) is 9.40. The lowest BCUT2D eigenvalue weighted by Gasteiger charge is -1.96. The topological polar surface area (TPSA) is 34.1 Å². The molecule has 0 atom stereocenters. The van der Waals surface area contributed by atoms with E-state index in [0.717, 1.165) is 47.9 Å². The molecule has 0 aliphatic rings. The molecule has 0 aromatic heterocycles. The number of carbonyl (C=O) groups excluding carboxylic acids is 2. The van der Waals surface area contributed by atoms with Crippen molar-refractivity contribution in [2.75, 3.05) is 11.5 Å². The molecule has 0 N–H and O–H groups in total. The van der Waals surface area contributed by atoms with Gasteiger partial charge < -0.3 is 0 Å². The maximum absolute atomic E-state index is 11.0. The summed E-state index contributed by atoms with van der Waals surface area (Å²) >= 11 is 2.25. The molecule has 0 fully saturated rings. The van der Waals surface area contributed by atoms with Gasteiger partial charge in [0.2, 0.25) is 0 Å². The van der Waals surface area contributed by atoms with Crippen LogP contribution in [-0.2, 0) is 9.59 Å². The summed E-state index contributed by atoms with van der Waals surface area (Å²) in [5.74, 6) is 1.49. The molecule has 12 heavy (non-hydrogen) atoms. The van der Waals surface area contributed by atoms with E-state index in [0.29, 0.717) is 0 Å². The highest BCUT2D eigenvalue weighted by Crippen LogP contribution is 2.12. The molecule has 70 valence electrons. The summed E-state index contributed by atoms with van der Waals surface area (Å²) in [6, 6.07) is 0. The summed E-state index contributed by atoms with van der Waals surface area (Å²) in [5.41, 5.74) is 0. The lowest BCUT2D eigenvalue weighted by Crippen LogP contribution is -2.06. The number of thioether (sulfide) groups is 2. The van der Waals surface area contributed by atoms with Crippen LogP contribution < -0.4 is 0 Å². The average Bonchev–Trinajstić information content (AvgIpc) is 2.10. The van der Waals surface area contributed by atoms with Crippen molar-refractivity contribution in [3.8, 4) is 0 Å². The summed E-state index contributed by atoms with van der Waals surface area (Å²) in [4.78, 5) is 22.0. The van der Waals surface area contributed by atoms with E-state index >= 15 is 0 Å². The Morgan fingerprint density at radius 3 is 1.50 bits per heavy atom. The molecular weight excluding hydrogens is 192 g/mol. The Hall–Kier alpha value is 0.0400. The molecule has 0 saturated heterocycles. The average molecular weight is 206 g/mol. The maximum Gasteiger partial charge on any atom is 0.266 e. The van der Waals surface area contributed by atoms with Crippen LogP contribution in [0.15, 0.2) is 0 Å². The van der Waals surface area contributed by atoms with Crippen LogP contribution >= 0.6 is 23.5 Å². The van der Waals surface area contributed by atoms with E-state index in [-0.39, 0.29) is 10.2 Å². The van der Waals surface area contributed by atoms with Gasteiger partial charge in [-0.15, -0.1) is 0 Å². The summed E-state index contributed by atoms with van der Waals surface area (Å²) in [6.45, 7) is 3.98. The number of hydrogen-bond donors (Lipinski definition) is 0. The Kier molecular flexibility index (Phi) is 7.70. The quantitative estimate of drug-likeness (QED) is 0.661. The molecule has 0 amide bonds. The maximum atomic E-state index is 11.0. The first-order chi connectivity index (χ1) is 5.72. The molecule has 0 aliphatic carbocycles. The SMILES string of the molecule is CCCSC(=O)C(=O)SCCC. The zero-order valence-electron chi connectivity index (χ0n) is 7.46. The van der Waals surface area contributed by atoms with Gasteiger partial charge in [0.25, 0.3) is 10.2 Å². The third-order valence-electron chi connectivity index (χ3n) is 1.04. The second-order valence-electron chi connectivity index (χ2n) is 2.27. The predicted molar refractivity (Wildman–Crippen MR) is 55.5 cm³/mol. The standard InChI is InChI=1S/C8H14O2S2/c1-3-5-11-7(9)8(10)12-6-4-2/h3-6H2,1-2H3. The minimum absolute atomic E-state index is 0.296. The number of carbonyl (C=O) groups is 2. The summed E-state index contributed by atoms with van der Waals surface area (Å²) in [5, 5.41) is -0.592. The zero-order valence-corrected chi connectivity index (χ0v) is 9.09. The van der Waals surface area contributed by atoms with Gasteiger partial charge in [-0.3, -0.25) is 9.59 Å². The van der Waals surface area contributed by atoms with E-state index in [2.05, 4.69) is 0 Å². The van der Waals surface area contributed by atoms with Crippen molar-refractivity contribution in [2.24, 2.45) is 0 Å². The molecule has 0 spiro atoms. The molecule has 4 heteroatoms. The molecule has 0 bridgehead atoms. The Morgan fingerprint density at radius 1 is 0.917 bits per heavy atom. The predicted octanol–water partition coefficient (Wildman–Crippen LogP) is 2.33. The smallest absolute Gasteiger partial charge is 0.266 e.